The minimum atomic E-state index is -0.510. The van der Waals surface area contributed by atoms with Crippen LogP contribution in [0.5, 0.6) is 11.5 Å². The predicted octanol–water partition coefficient (Wildman–Crippen LogP) is 2.88. The van der Waals surface area contributed by atoms with Gasteiger partial charge in [-0.15, -0.1) is 0 Å². The summed E-state index contributed by atoms with van der Waals surface area (Å²) in [4.78, 5) is 37.2. The summed E-state index contributed by atoms with van der Waals surface area (Å²) < 4.78 is 11.6. The number of ether oxygens (including phenoxy) is 2. The maximum Gasteiger partial charge on any atom is 0.255 e. The Labute approximate surface area is 215 Å². The number of nitrogens with zero attached hydrogens (tertiary/aromatic N) is 2. The Kier molecular flexibility index (Phi) is 7.27. The van der Waals surface area contributed by atoms with Crippen LogP contribution in [-0.4, -0.2) is 64.3 Å². The van der Waals surface area contributed by atoms with Gasteiger partial charge in [-0.2, -0.15) is 0 Å². The van der Waals surface area contributed by atoms with Gasteiger partial charge in [-0.25, -0.2) is 9.97 Å². The third-order valence-electron chi connectivity index (χ3n) is 7.18. The lowest BCUT2D eigenvalue weighted by Gasteiger charge is -2.29. The first-order valence-corrected chi connectivity index (χ1v) is 12.8. The quantitative estimate of drug-likeness (QED) is 0.349. The summed E-state index contributed by atoms with van der Waals surface area (Å²) in [5, 5.41) is 14.9. The molecule has 2 aromatic heterocycles. The molecule has 0 atom stereocenters. The monoisotopic (exact) mass is 507 g/mol. The van der Waals surface area contributed by atoms with Crippen molar-refractivity contribution >= 4 is 22.8 Å². The Hall–Kier alpha value is -3.66. The highest BCUT2D eigenvalue weighted by Gasteiger charge is 2.27. The van der Waals surface area contributed by atoms with Gasteiger partial charge in [0.25, 0.3) is 5.91 Å². The van der Waals surface area contributed by atoms with E-state index in [2.05, 4.69) is 25.6 Å². The zero-order valence-corrected chi connectivity index (χ0v) is 21.2. The van der Waals surface area contributed by atoms with E-state index in [-0.39, 0.29) is 23.9 Å². The number of hydrogen-bond donors (Lipinski definition) is 4. The van der Waals surface area contributed by atoms with Gasteiger partial charge in [0.05, 0.1) is 24.8 Å². The Bertz CT molecular complexity index is 1290. The fourth-order valence-corrected chi connectivity index (χ4v) is 4.96. The fraction of sp³-hybridized carbons (Fsp3) is 0.481. The zero-order valence-electron chi connectivity index (χ0n) is 21.2. The molecule has 0 unspecified atom stereocenters. The average Bonchev–Trinajstić information content (AvgIpc) is 3.67. The van der Waals surface area contributed by atoms with Crippen LogP contribution in [0, 0.1) is 12.8 Å². The standard InChI is InChI=1S/C27H33N5O5/c1-15-23(27(35)32-18-7-5-17(6-8-18)31-22(34)12-33)25-26(30-15)24(28-14-29-25)20-11-19(36-2)9-10-21(20)37-13-16-3-4-16/h9-11,14,16-18,30,33H,3-8,12-13H2,1-2H3,(H,31,34)(H,32,35). The Morgan fingerprint density at radius 1 is 1.08 bits per heavy atom. The molecule has 2 saturated carbocycles. The van der Waals surface area contributed by atoms with Crippen LogP contribution in [0.4, 0.5) is 0 Å². The van der Waals surface area contributed by atoms with Crippen LogP contribution in [0.2, 0.25) is 0 Å². The molecule has 0 saturated heterocycles. The molecule has 2 heterocycles. The number of rotatable bonds is 9. The highest BCUT2D eigenvalue weighted by Crippen LogP contribution is 2.38. The smallest absolute Gasteiger partial charge is 0.255 e. The second kappa shape index (κ2) is 10.8. The number of aromatic nitrogens is 3. The first-order valence-electron chi connectivity index (χ1n) is 12.8. The largest absolute Gasteiger partial charge is 0.497 e. The van der Waals surface area contributed by atoms with E-state index in [1.807, 2.05) is 25.1 Å². The molecule has 1 aromatic carbocycles. The molecule has 0 radical (unpaired) electrons. The third-order valence-corrected chi connectivity index (χ3v) is 7.18. The lowest BCUT2D eigenvalue weighted by Crippen LogP contribution is -2.44. The van der Waals surface area contributed by atoms with Crippen LogP contribution in [-0.2, 0) is 4.79 Å². The molecule has 0 aliphatic heterocycles. The maximum atomic E-state index is 13.4. The molecule has 0 spiro atoms. The topological polar surface area (TPSA) is 138 Å². The van der Waals surface area contributed by atoms with Gasteiger partial charge >= 0.3 is 0 Å². The van der Waals surface area contributed by atoms with Crippen LogP contribution >= 0.6 is 0 Å². The molecule has 10 heteroatoms. The minimum absolute atomic E-state index is 0.00115. The maximum absolute atomic E-state index is 13.4. The Balaban J connectivity index is 1.38. The lowest BCUT2D eigenvalue weighted by molar-refractivity contribution is -0.124. The van der Waals surface area contributed by atoms with Crippen molar-refractivity contribution in [3.8, 4) is 22.8 Å². The molecule has 0 bridgehead atoms. The number of hydrogen-bond acceptors (Lipinski definition) is 7. The second-order valence-corrected chi connectivity index (χ2v) is 9.93. The number of H-pyrrole nitrogens is 1. The minimum Gasteiger partial charge on any atom is -0.497 e. The molecule has 37 heavy (non-hydrogen) atoms. The molecule has 5 rings (SSSR count). The van der Waals surface area contributed by atoms with Gasteiger partial charge in [-0.1, -0.05) is 0 Å². The number of benzene rings is 1. The summed E-state index contributed by atoms with van der Waals surface area (Å²) in [6, 6.07) is 5.69. The van der Waals surface area contributed by atoms with Crippen LogP contribution in [0.1, 0.15) is 54.6 Å². The third kappa shape index (κ3) is 5.53. The summed E-state index contributed by atoms with van der Waals surface area (Å²) in [7, 11) is 1.62. The fourth-order valence-electron chi connectivity index (χ4n) is 4.96. The SMILES string of the molecule is COc1ccc(OCC2CC2)c(-c2ncnc3c(C(=O)NC4CCC(NC(=O)CO)CC4)c(C)[nH]c23)c1. The average molecular weight is 508 g/mol. The number of aromatic amines is 1. The van der Waals surface area contributed by atoms with Crippen molar-refractivity contribution in [3.05, 3.63) is 35.8 Å². The Morgan fingerprint density at radius 3 is 2.49 bits per heavy atom. The number of nitrogens with one attached hydrogen (secondary N) is 3. The van der Waals surface area contributed by atoms with Crippen molar-refractivity contribution in [1.82, 2.24) is 25.6 Å². The number of carbonyl (C=O) groups is 2. The molecule has 3 aromatic rings. The predicted molar refractivity (Wildman–Crippen MR) is 138 cm³/mol. The zero-order chi connectivity index (χ0) is 25.9. The van der Waals surface area contributed by atoms with Crippen molar-refractivity contribution < 1.29 is 24.2 Å². The number of fused-ring (bicyclic) bond motifs is 1. The van der Waals surface area contributed by atoms with Gasteiger partial charge in [0, 0.05) is 23.3 Å². The first kappa shape index (κ1) is 25.0. The summed E-state index contributed by atoms with van der Waals surface area (Å²) in [6.45, 7) is 2.01. The number of aliphatic hydroxyl groups is 1. The molecule has 2 amide bonds. The van der Waals surface area contributed by atoms with E-state index in [9.17, 15) is 9.59 Å². The van der Waals surface area contributed by atoms with Gasteiger partial charge in [-0.3, -0.25) is 9.59 Å². The van der Waals surface area contributed by atoms with Gasteiger partial charge in [0.15, 0.2) is 0 Å². The number of carbonyl (C=O) groups excluding carboxylic acids is 2. The van der Waals surface area contributed by atoms with Gasteiger partial charge in [0.2, 0.25) is 5.91 Å². The van der Waals surface area contributed by atoms with Crippen molar-refractivity contribution in [2.24, 2.45) is 5.92 Å². The molecule has 10 nitrogen and oxygen atoms in total. The molecule has 196 valence electrons. The molecular formula is C27H33N5O5. The molecule has 2 aliphatic carbocycles. The lowest BCUT2D eigenvalue weighted by atomic mass is 9.91. The van der Waals surface area contributed by atoms with E-state index in [0.29, 0.717) is 46.3 Å². The van der Waals surface area contributed by atoms with Gasteiger partial charge in [-0.05, 0) is 69.6 Å². The van der Waals surface area contributed by atoms with E-state index in [4.69, 9.17) is 14.6 Å². The van der Waals surface area contributed by atoms with Crippen LogP contribution < -0.4 is 20.1 Å². The number of amides is 2. The van der Waals surface area contributed by atoms with E-state index < -0.39 is 6.61 Å². The highest BCUT2D eigenvalue weighted by molar-refractivity contribution is 6.09. The van der Waals surface area contributed by atoms with E-state index in [0.717, 1.165) is 37.0 Å². The van der Waals surface area contributed by atoms with Crippen LogP contribution in [0.15, 0.2) is 24.5 Å². The van der Waals surface area contributed by atoms with Crippen LogP contribution in [0.3, 0.4) is 0 Å². The van der Waals surface area contributed by atoms with E-state index in [1.165, 1.54) is 19.2 Å². The van der Waals surface area contributed by atoms with E-state index in [1.54, 1.807) is 7.11 Å². The normalized spacial score (nSPS) is 19.4. The number of aliphatic hydroxyl groups excluding tert-OH is 1. The summed E-state index contributed by atoms with van der Waals surface area (Å²) in [6.07, 6.45) is 6.84. The molecule has 2 fully saturated rings. The number of methoxy groups -OCH3 is 1. The highest BCUT2D eigenvalue weighted by atomic mass is 16.5. The summed E-state index contributed by atoms with van der Waals surface area (Å²) in [5.41, 5.74) is 3.87. The first-order chi connectivity index (χ1) is 18.0. The van der Waals surface area contributed by atoms with Gasteiger partial charge in [0.1, 0.15) is 35.6 Å². The van der Waals surface area contributed by atoms with Crippen LogP contribution in [0.25, 0.3) is 22.3 Å². The molecule has 2 aliphatic rings. The molecule has 4 N–H and O–H groups in total. The van der Waals surface area contributed by atoms with Crippen molar-refractivity contribution in [2.45, 2.75) is 57.5 Å². The molecular weight excluding hydrogens is 474 g/mol. The van der Waals surface area contributed by atoms with E-state index >= 15 is 0 Å². The Morgan fingerprint density at radius 2 is 1.81 bits per heavy atom. The number of aryl methyl sites for hydroxylation is 1. The van der Waals surface area contributed by atoms with Gasteiger partial charge < -0.3 is 30.2 Å². The summed E-state index contributed by atoms with van der Waals surface area (Å²) in [5.74, 6) is 1.45. The second-order valence-electron chi connectivity index (χ2n) is 9.93. The summed E-state index contributed by atoms with van der Waals surface area (Å²) >= 11 is 0. The van der Waals surface area contributed by atoms with Crippen molar-refractivity contribution in [2.75, 3.05) is 20.3 Å². The van der Waals surface area contributed by atoms with Crippen molar-refractivity contribution in [3.63, 3.8) is 0 Å². The van der Waals surface area contributed by atoms with Crippen molar-refractivity contribution in [1.29, 1.82) is 0 Å².